The van der Waals surface area contributed by atoms with Gasteiger partial charge in [-0.15, -0.1) is 0 Å². The number of halogens is 1. The van der Waals surface area contributed by atoms with E-state index in [2.05, 4.69) is 23.4 Å². The van der Waals surface area contributed by atoms with Gasteiger partial charge in [0.05, 0.1) is 11.0 Å². The second kappa shape index (κ2) is 6.94. The van der Waals surface area contributed by atoms with Crippen molar-refractivity contribution < 1.29 is 9.90 Å². The Bertz CT molecular complexity index is 634. The third-order valence-electron chi connectivity index (χ3n) is 3.51. The van der Waals surface area contributed by atoms with Crippen LogP contribution in [-0.2, 0) is 17.8 Å². The second-order valence-corrected chi connectivity index (χ2v) is 6.18. The Balaban J connectivity index is 2.27. The number of nitrogens with zero attached hydrogens (tertiary/aromatic N) is 2. The lowest BCUT2D eigenvalue weighted by molar-refractivity contribution is -0.137. The fourth-order valence-corrected chi connectivity index (χ4v) is 2.54. The Hall–Kier alpha value is -1.55. The Morgan fingerprint density at radius 1 is 1.43 bits per heavy atom. The van der Waals surface area contributed by atoms with Gasteiger partial charge < -0.3 is 9.67 Å². The van der Waals surface area contributed by atoms with Gasteiger partial charge in [0.2, 0.25) is 0 Å². The summed E-state index contributed by atoms with van der Waals surface area (Å²) in [6.07, 6.45) is 2.53. The van der Waals surface area contributed by atoms with Crippen LogP contribution in [0.4, 0.5) is 0 Å². The largest absolute Gasteiger partial charge is 0.481 e. The normalized spacial score (nSPS) is 11.4. The molecule has 114 valence electrons. The first kappa shape index (κ1) is 15.8. The fraction of sp³-hybridized carbons (Fsp3) is 0.500. The molecule has 2 rings (SSSR count). The first-order chi connectivity index (χ1) is 9.97. The van der Waals surface area contributed by atoms with Crippen LogP contribution in [0.25, 0.3) is 11.0 Å². The number of hydrogen-bond acceptors (Lipinski definition) is 2. The van der Waals surface area contributed by atoms with E-state index in [0.29, 0.717) is 23.8 Å². The molecule has 0 bridgehead atoms. The summed E-state index contributed by atoms with van der Waals surface area (Å²) in [4.78, 5) is 15.3. The van der Waals surface area contributed by atoms with Crippen LogP contribution in [0.1, 0.15) is 38.9 Å². The van der Waals surface area contributed by atoms with Crippen LogP contribution >= 0.6 is 11.6 Å². The van der Waals surface area contributed by atoms with E-state index in [9.17, 15) is 4.79 Å². The standard InChI is InChI=1S/C16H21ClN2O2/c1-11(2)8-9-19-14-7-6-12(17)10-13(14)18-15(19)4-3-5-16(20)21/h6-7,10-11H,3-5,8-9H2,1-2H3,(H,20,21). The van der Waals surface area contributed by atoms with Crippen molar-refractivity contribution in [2.45, 2.75) is 46.1 Å². The van der Waals surface area contributed by atoms with E-state index in [0.717, 1.165) is 29.8 Å². The predicted octanol–water partition coefficient (Wildman–Crippen LogP) is 4.14. The number of aryl methyl sites for hydroxylation is 2. The SMILES string of the molecule is CC(C)CCn1c(CCCC(=O)O)nc2cc(Cl)ccc21. The van der Waals surface area contributed by atoms with Gasteiger partial charge >= 0.3 is 5.97 Å². The van der Waals surface area contributed by atoms with Gasteiger partial charge in [-0.2, -0.15) is 0 Å². The summed E-state index contributed by atoms with van der Waals surface area (Å²) in [5, 5.41) is 9.44. The molecule has 0 atom stereocenters. The van der Waals surface area contributed by atoms with Crippen LogP contribution in [-0.4, -0.2) is 20.6 Å². The highest BCUT2D eigenvalue weighted by Crippen LogP contribution is 2.22. The van der Waals surface area contributed by atoms with Gasteiger partial charge in [0.15, 0.2) is 0 Å². The van der Waals surface area contributed by atoms with Gasteiger partial charge in [-0.1, -0.05) is 25.4 Å². The van der Waals surface area contributed by atoms with E-state index in [-0.39, 0.29) is 6.42 Å². The summed E-state index contributed by atoms with van der Waals surface area (Å²) in [6, 6.07) is 5.73. The second-order valence-electron chi connectivity index (χ2n) is 5.74. The monoisotopic (exact) mass is 308 g/mol. The number of benzene rings is 1. The highest BCUT2D eigenvalue weighted by atomic mass is 35.5. The highest BCUT2D eigenvalue weighted by molar-refractivity contribution is 6.31. The third-order valence-corrected chi connectivity index (χ3v) is 3.75. The summed E-state index contributed by atoms with van der Waals surface area (Å²) >= 11 is 6.03. The zero-order chi connectivity index (χ0) is 15.4. The van der Waals surface area contributed by atoms with Crippen LogP contribution in [0.15, 0.2) is 18.2 Å². The Morgan fingerprint density at radius 2 is 2.19 bits per heavy atom. The van der Waals surface area contributed by atoms with Crippen LogP contribution in [0, 0.1) is 5.92 Å². The molecular weight excluding hydrogens is 288 g/mol. The number of hydrogen-bond donors (Lipinski definition) is 1. The van der Waals surface area contributed by atoms with Crippen molar-refractivity contribution in [3.63, 3.8) is 0 Å². The van der Waals surface area contributed by atoms with E-state index in [1.165, 1.54) is 0 Å². The summed E-state index contributed by atoms with van der Waals surface area (Å²) < 4.78 is 2.20. The van der Waals surface area contributed by atoms with E-state index in [4.69, 9.17) is 16.7 Å². The number of imidazole rings is 1. The molecule has 0 saturated heterocycles. The average Bonchev–Trinajstić information content (AvgIpc) is 2.72. The van der Waals surface area contributed by atoms with Gasteiger partial charge in [-0.05, 0) is 37.0 Å². The quantitative estimate of drug-likeness (QED) is 0.836. The van der Waals surface area contributed by atoms with Gasteiger partial charge in [0, 0.05) is 24.4 Å². The van der Waals surface area contributed by atoms with Crippen molar-refractivity contribution in [1.82, 2.24) is 9.55 Å². The maximum atomic E-state index is 10.7. The van der Waals surface area contributed by atoms with Crippen molar-refractivity contribution in [3.8, 4) is 0 Å². The molecule has 1 aromatic heterocycles. The van der Waals surface area contributed by atoms with Crippen LogP contribution in [0.2, 0.25) is 5.02 Å². The van der Waals surface area contributed by atoms with E-state index < -0.39 is 5.97 Å². The maximum absolute atomic E-state index is 10.7. The number of aromatic nitrogens is 2. The molecule has 0 aliphatic rings. The number of rotatable bonds is 7. The lowest BCUT2D eigenvalue weighted by atomic mass is 10.1. The van der Waals surface area contributed by atoms with Gasteiger partial charge in [-0.25, -0.2) is 4.98 Å². The number of carboxylic acids is 1. The minimum absolute atomic E-state index is 0.175. The molecule has 1 aromatic carbocycles. The molecule has 21 heavy (non-hydrogen) atoms. The first-order valence-corrected chi connectivity index (χ1v) is 7.71. The van der Waals surface area contributed by atoms with Crippen LogP contribution in [0.3, 0.4) is 0 Å². The molecule has 1 heterocycles. The molecule has 0 aliphatic carbocycles. The van der Waals surface area contributed by atoms with E-state index in [1.807, 2.05) is 18.2 Å². The number of carboxylic acid groups (broad SMARTS) is 1. The summed E-state index contributed by atoms with van der Waals surface area (Å²) in [5.74, 6) is 0.804. The molecule has 0 unspecified atom stereocenters. The van der Waals surface area contributed by atoms with Crippen molar-refractivity contribution >= 4 is 28.6 Å². The molecule has 0 amide bonds. The van der Waals surface area contributed by atoms with Crippen molar-refractivity contribution in [1.29, 1.82) is 0 Å². The van der Waals surface area contributed by atoms with Gasteiger partial charge in [0.25, 0.3) is 0 Å². The summed E-state index contributed by atoms with van der Waals surface area (Å²) in [7, 11) is 0. The minimum Gasteiger partial charge on any atom is -0.481 e. The molecule has 0 spiro atoms. The van der Waals surface area contributed by atoms with Crippen LogP contribution < -0.4 is 0 Å². The van der Waals surface area contributed by atoms with E-state index in [1.54, 1.807) is 0 Å². The van der Waals surface area contributed by atoms with Crippen molar-refractivity contribution in [2.24, 2.45) is 5.92 Å². The minimum atomic E-state index is -0.761. The molecular formula is C16H21ClN2O2. The maximum Gasteiger partial charge on any atom is 0.303 e. The molecule has 5 heteroatoms. The predicted molar refractivity (Wildman–Crippen MR) is 84.8 cm³/mol. The zero-order valence-electron chi connectivity index (χ0n) is 12.5. The molecule has 2 aromatic rings. The summed E-state index contributed by atoms with van der Waals surface area (Å²) in [5.41, 5.74) is 1.96. The summed E-state index contributed by atoms with van der Waals surface area (Å²) in [6.45, 7) is 5.29. The third kappa shape index (κ3) is 4.21. The topological polar surface area (TPSA) is 55.1 Å². The number of carbonyl (C=O) groups is 1. The first-order valence-electron chi connectivity index (χ1n) is 7.34. The molecule has 0 saturated carbocycles. The zero-order valence-corrected chi connectivity index (χ0v) is 13.2. The molecule has 1 N–H and O–H groups in total. The Morgan fingerprint density at radius 3 is 2.86 bits per heavy atom. The Labute approximate surface area is 129 Å². The van der Waals surface area contributed by atoms with Crippen molar-refractivity contribution in [3.05, 3.63) is 29.0 Å². The smallest absolute Gasteiger partial charge is 0.303 e. The highest BCUT2D eigenvalue weighted by Gasteiger charge is 2.12. The average molecular weight is 309 g/mol. The molecule has 0 radical (unpaired) electrons. The van der Waals surface area contributed by atoms with Gasteiger partial charge in [0.1, 0.15) is 5.82 Å². The fourth-order valence-electron chi connectivity index (χ4n) is 2.38. The van der Waals surface area contributed by atoms with Crippen molar-refractivity contribution in [2.75, 3.05) is 0 Å². The lowest BCUT2D eigenvalue weighted by Crippen LogP contribution is -2.07. The molecule has 0 aliphatic heterocycles. The number of aliphatic carboxylic acids is 1. The lowest BCUT2D eigenvalue weighted by Gasteiger charge is -2.10. The van der Waals surface area contributed by atoms with E-state index >= 15 is 0 Å². The molecule has 0 fully saturated rings. The Kier molecular flexibility index (Phi) is 5.23. The van der Waals surface area contributed by atoms with Gasteiger partial charge in [-0.3, -0.25) is 4.79 Å². The molecule has 4 nitrogen and oxygen atoms in total. The number of fused-ring (bicyclic) bond motifs is 1. The van der Waals surface area contributed by atoms with Crippen LogP contribution in [0.5, 0.6) is 0 Å².